The molecule has 0 aliphatic carbocycles. The standard InChI is InChI=1S/C51H56N7O11P/c1-34(2)58(70(62)63)49(3,26-13-27-52)30-41(59)50(61)42(31-68-51(36-16-11-8-12-17-36,37-18-22-39(65-5)23-19-37)38-20-24-40(66-6)25-21-38)69-48(44(50)67-29-28-64-4)57-33-55-43-45(53-32-54-46(43)57)56-47(60)35-14-9-7-10-15-35/h7-12,14-25,32-34,42,44,48,61H,13,26,28-31H2,1-6H3,(H,53,54,56,60)/t42-,44+,48-,49?,50-/m1/s1. The lowest BCUT2D eigenvalue weighted by Crippen LogP contribution is -2.60. The second-order valence-corrected chi connectivity index (χ2v) is 18.1. The summed E-state index contributed by atoms with van der Waals surface area (Å²) in [7, 11) is 1.32. The fourth-order valence-electron chi connectivity index (χ4n) is 9.21. The van der Waals surface area contributed by atoms with Crippen LogP contribution in [0.25, 0.3) is 11.2 Å². The zero-order valence-corrected chi connectivity index (χ0v) is 40.7. The topological polar surface area (TPSA) is 227 Å². The van der Waals surface area contributed by atoms with Crippen molar-refractivity contribution in [2.75, 3.05) is 46.5 Å². The quantitative estimate of drug-likeness (QED) is 0.0358. The number of hydrogen-bond acceptors (Lipinski definition) is 15. The third kappa shape index (κ3) is 10.3. The minimum atomic E-state index is -3.28. The fourth-order valence-corrected chi connectivity index (χ4v) is 10.1. The second kappa shape index (κ2) is 22.4. The van der Waals surface area contributed by atoms with Crippen molar-refractivity contribution in [2.24, 2.45) is 0 Å². The number of nitrogens with one attached hydrogen (secondary N) is 1. The molecule has 0 bridgehead atoms. The number of aliphatic hydroxyl groups is 1. The largest absolute Gasteiger partial charge is 0.497 e. The van der Waals surface area contributed by atoms with Crippen LogP contribution in [-0.4, -0.2) is 112 Å². The van der Waals surface area contributed by atoms with Gasteiger partial charge in [-0.2, -0.15) is 9.93 Å². The molecule has 1 saturated heterocycles. The van der Waals surface area contributed by atoms with Crippen molar-refractivity contribution in [1.29, 1.82) is 5.26 Å². The molecule has 1 aliphatic heterocycles. The molecule has 0 saturated carbocycles. The van der Waals surface area contributed by atoms with E-state index >= 15 is 4.79 Å². The number of rotatable bonds is 23. The highest BCUT2D eigenvalue weighted by atomic mass is 31.1. The molecule has 19 heteroatoms. The lowest BCUT2D eigenvalue weighted by Gasteiger charge is -2.42. The van der Waals surface area contributed by atoms with Crippen LogP contribution in [0.3, 0.4) is 0 Å². The van der Waals surface area contributed by atoms with E-state index in [-0.39, 0.29) is 43.0 Å². The van der Waals surface area contributed by atoms with Crippen LogP contribution in [0, 0.1) is 11.3 Å². The maximum atomic E-state index is 15.6. The number of methoxy groups -OCH3 is 3. The number of carbonyl (C=O) groups is 2. The molecule has 1 amide bonds. The third-order valence-corrected chi connectivity index (χ3v) is 13.9. The van der Waals surface area contributed by atoms with E-state index < -0.39 is 73.8 Å². The number of fused-ring (bicyclic) bond motifs is 1. The maximum absolute atomic E-state index is 15.6. The molecule has 18 nitrogen and oxygen atoms in total. The molecule has 6 aromatic rings. The molecule has 1 aliphatic rings. The first-order valence-electron chi connectivity index (χ1n) is 22.6. The highest BCUT2D eigenvalue weighted by molar-refractivity contribution is 7.28. The zero-order chi connectivity index (χ0) is 50.1. The van der Waals surface area contributed by atoms with Gasteiger partial charge in [-0.25, -0.2) is 24.1 Å². The van der Waals surface area contributed by atoms with E-state index in [0.29, 0.717) is 33.8 Å². The molecule has 0 radical (unpaired) electrons. The van der Waals surface area contributed by atoms with E-state index in [4.69, 9.17) is 28.4 Å². The summed E-state index contributed by atoms with van der Waals surface area (Å²) >= 11 is 0. The highest BCUT2D eigenvalue weighted by Crippen LogP contribution is 2.48. The summed E-state index contributed by atoms with van der Waals surface area (Å²) in [6.07, 6.45) is -2.56. The van der Waals surface area contributed by atoms with Gasteiger partial charge in [0.15, 0.2) is 34.6 Å². The summed E-state index contributed by atoms with van der Waals surface area (Å²) in [5, 5.41) is 26.2. The van der Waals surface area contributed by atoms with Crippen molar-refractivity contribution < 1.29 is 52.2 Å². The predicted molar refractivity (Wildman–Crippen MR) is 257 cm³/mol. The Balaban J connectivity index is 1.40. The first-order valence-corrected chi connectivity index (χ1v) is 23.7. The van der Waals surface area contributed by atoms with Gasteiger partial charge < -0.3 is 38.8 Å². The van der Waals surface area contributed by atoms with Crippen molar-refractivity contribution in [3.8, 4) is 17.6 Å². The van der Waals surface area contributed by atoms with E-state index in [1.54, 1.807) is 89.6 Å². The number of anilines is 1. The Kier molecular flexibility index (Phi) is 16.4. The summed E-state index contributed by atoms with van der Waals surface area (Å²) in [6.45, 7) is 4.35. The number of hydrogen-bond donors (Lipinski definition) is 2. The molecule has 2 N–H and O–H groups in total. The normalized spacial score (nSPS) is 18.9. The first kappa shape index (κ1) is 51.2. The van der Waals surface area contributed by atoms with Gasteiger partial charge in [0.2, 0.25) is 0 Å². The average Bonchev–Trinajstić information content (AvgIpc) is 3.93. The SMILES string of the molecule is COCCO[C@H]1[C@H](n2cnc3c(NC(=O)c4ccccc4)ncnc32)O[C@H](COC(c2ccccc2)(c2ccc(OC)cc2)c2ccc(OC)cc2)[C@]1(O)C(=O)CC(C)(CCC#N)N(C(C)C)P(=O)=O. The van der Waals surface area contributed by atoms with Crippen LogP contribution >= 0.6 is 7.83 Å². The van der Waals surface area contributed by atoms with Crippen LogP contribution < -0.4 is 14.8 Å². The van der Waals surface area contributed by atoms with Crippen molar-refractivity contribution >= 4 is 36.5 Å². The molecule has 2 aromatic heterocycles. The van der Waals surface area contributed by atoms with Crippen LogP contribution in [0.4, 0.5) is 5.82 Å². The Bertz CT molecular complexity index is 2790. The Morgan fingerprint density at radius 3 is 2.04 bits per heavy atom. The number of benzene rings is 4. The predicted octanol–water partition coefficient (Wildman–Crippen LogP) is 7.58. The molecule has 4 aromatic carbocycles. The monoisotopic (exact) mass is 973 g/mol. The molecule has 1 unspecified atom stereocenters. The fraction of sp³-hybridized carbons (Fsp3) is 0.373. The summed E-state index contributed by atoms with van der Waals surface area (Å²) in [5.74, 6) is -0.0303. The second-order valence-electron chi connectivity index (χ2n) is 17.2. The number of imidazole rings is 1. The number of carbonyl (C=O) groups excluding carboxylic acids is 2. The number of ether oxygens (including phenoxy) is 6. The Morgan fingerprint density at radius 1 is 0.886 bits per heavy atom. The number of aromatic nitrogens is 4. The molecule has 0 spiro atoms. The Morgan fingerprint density at radius 2 is 1.49 bits per heavy atom. The van der Waals surface area contributed by atoms with Crippen LogP contribution in [-0.2, 0) is 38.5 Å². The summed E-state index contributed by atoms with van der Waals surface area (Å²) < 4.78 is 65.7. The van der Waals surface area contributed by atoms with Gasteiger partial charge in [0, 0.05) is 37.1 Å². The van der Waals surface area contributed by atoms with Crippen molar-refractivity contribution in [3.05, 3.63) is 144 Å². The number of ketones is 1. The minimum Gasteiger partial charge on any atom is -0.497 e. The molecular formula is C51H56N7O11P. The van der Waals surface area contributed by atoms with Gasteiger partial charge in [-0.3, -0.25) is 14.2 Å². The van der Waals surface area contributed by atoms with Gasteiger partial charge in [-0.15, -0.1) is 0 Å². The van der Waals surface area contributed by atoms with Gasteiger partial charge in [0.1, 0.15) is 35.6 Å². The first-order chi connectivity index (χ1) is 33.7. The number of nitriles is 1. The Hall–Kier alpha value is -6.68. The minimum absolute atomic E-state index is 0.0416. The highest BCUT2D eigenvalue weighted by Gasteiger charge is 2.63. The summed E-state index contributed by atoms with van der Waals surface area (Å²) in [5.41, 5.74) is -2.87. The summed E-state index contributed by atoms with van der Waals surface area (Å²) in [4.78, 5) is 42.3. The van der Waals surface area contributed by atoms with Crippen molar-refractivity contribution in [2.45, 2.75) is 81.3 Å². The van der Waals surface area contributed by atoms with Gasteiger partial charge >= 0.3 is 7.83 Å². The molecular weight excluding hydrogens is 918 g/mol. The zero-order valence-electron chi connectivity index (χ0n) is 39.8. The molecule has 3 heterocycles. The lowest BCUT2D eigenvalue weighted by molar-refractivity contribution is -0.167. The number of amides is 1. The van der Waals surface area contributed by atoms with Crippen LogP contribution in [0.1, 0.15) is 73.3 Å². The van der Waals surface area contributed by atoms with Gasteiger partial charge in [-0.1, -0.05) is 72.8 Å². The molecule has 1 fully saturated rings. The molecule has 366 valence electrons. The number of nitrogens with zero attached hydrogens (tertiary/aromatic N) is 6. The van der Waals surface area contributed by atoms with Crippen LogP contribution in [0.2, 0.25) is 0 Å². The van der Waals surface area contributed by atoms with E-state index in [1.165, 1.54) is 29.0 Å². The molecule has 7 rings (SSSR count). The van der Waals surface area contributed by atoms with E-state index in [1.807, 2.05) is 54.6 Å². The van der Waals surface area contributed by atoms with E-state index in [0.717, 1.165) is 0 Å². The van der Waals surface area contributed by atoms with Crippen molar-refractivity contribution in [3.63, 3.8) is 0 Å². The maximum Gasteiger partial charge on any atom is 0.399 e. The van der Waals surface area contributed by atoms with Crippen LogP contribution in [0.15, 0.2) is 122 Å². The van der Waals surface area contributed by atoms with Gasteiger partial charge in [0.05, 0.1) is 46.4 Å². The van der Waals surface area contributed by atoms with Crippen molar-refractivity contribution in [1.82, 2.24) is 24.2 Å². The summed E-state index contributed by atoms with van der Waals surface area (Å²) in [6, 6.07) is 34.1. The lowest BCUT2D eigenvalue weighted by atomic mass is 9.78. The van der Waals surface area contributed by atoms with E-state index in [9.17, 15) is 24.3 Å². The van der Waals surface area contributed by atoms with Crippen LogP contribution in [0.5, 0.6) is 11.5 Å². The van der Waals surface area contributed by atoms with Gasteiger partial charge in [-0.05, 0) is 80.3 Å². The smallest absolute Gasteiger partial charge is 0.399 e. The average molecular weight is 974 g/mol. The Labute approximate surface area is 406 Å². The van der Waals surface area contributed by atoms with E-state index in [2.05, 4.69) is 26.3 Å². The number of Topliss-reactive ketones (excluding diaryl/α,β-unsaturated/α-hetero) is 1. The molecule has 5 atom stereocenters. The molecule has 70 heavy (non-hydrogen) atoms. The van der Waals surface area contributed by atoms with Gasteiger partial charge in [0.25, 0.3) is 5.91 Å². The third-order valence-electron chi connectivity index (χ3n) is 12.6.